The van der Waals surface area contributed by atoms with Gasteiger partial charge in [-0.25, -0.2) is 0 Å². The number of carboxylic acids is 1. The van der Waals surface area contributed by atoms with E-state index in [1.165, 1.54) is 11.3 Å². The number of ketones is 1. The second-order valence-corrected chi connectivity index (χ2v) is 8.89. The van der Waals surface area contributed by atoms with E-state index in [-0.39, 0.29) is 17.4 Å². The fraction of sp³-hybridized carbons (Fsp3) is 0.316. The van der Waals surface area contributed by atoms with E-state index in [4.69, 9.17) is 5.11 Å². The lowest BCUT2D eigenvalue weighted by molar-refractivity contribution is -0.138. The molecule has 5 nitrogen and oxygen atoms in total. The Hall–Kier alpha value is -2.12. The molecule has 0 bridgehead atoms. The van der Waals surface area contributed by atoms with E-state index < -0.39 is 10.7 Å². The molecule has 0 saturated carbocycles. The molecule has 0 aliphatic heterocycles. The molecule has 0 radical (unpaired) electrons. The van der Waals surface area contributed by atoms with Crippen LogP contribution in [0, 0.1) is 0 Å². The van der Waals surface area contributed by atoms with Gasteiger partial charge in [0.15, 0.2) is 5.78 Å². The van der Waals surface area contributed by atoms with Gasteiger partial charge in [-0.2, -0.15) is 0 Å². The first kappa shape index (κ1) is 20.2. The third kappa shape index (κ3) is 4.95. The van der Waals surface area contributed by atoms with Crippen LogP contribution in [0.2, 0.25) is 0 Å². The summed E-state index contributed by atoms with van der Waals surface area (Å²) >= 11 is 2.42. The molecule has 2 aromatic rings. The lowest BCUT2D eigenvalue weighted by Gasteiger charge is -2.17. The van der Waals surface area contributed by atoms with Crippen molar-refractivity contribution in [1.82, 2.24) is 0 Å². The average Bonchev–Trinajstić information content (AvgIpc) is 3.03. The van der Waals surface area contributed by atoms with Crippen molar-refractivity contribution in [2.24, 2.45) is 0 Å². The lowest BCUT2D eigenvalue weighted by Crippen LogP contribution is -2.29. The van der Waals surface area contributed by atoms with E-state index in [0.717, 1.165) is 23.1 Å². The standard InChI is InChI=1S/C19H21NO4S2/c1-4-13-10-14(16(22)12-8-6-5-7-9-12)17(26-13)20-15(21)11-25-19(2,3)18(23)24/h5-10H,4,11H2,1-3H3,(H,20,21)(H,23,24). The Balaban J connectivity index is 2.16. The number of rotatable bonds is 8. The van der Waals surface area contributed by atoms with Crippen LogP contribution in [0.1, 0.15) is 41.6 Å². The van der Waals surface area contributed by atoms with E-state index in [9.17, 15) is 14.4 Å². The molecule has 1 aromatic carbocycles. The van der Waals surface area contributed by atoms with Crippen LogP contribution < -0.4 is 5.32 Å². The lowest BCUT2D eigenvalue weighted by atomic mass is 10.1. The molecule has 138 valence electrons. The molecule has 0 unspecified atom stereocenters. The van der Waals surface area contributed by atoms with Crippen LogP contribution in [-0.2, 0) is 16.0 Å². The average molecular weight is 392 g/mol. The Morgan fingerprint density at radius 1 is 1.19 bits per heavy atom. The van der Waals surface area contributed by atoms with Crippen LogP contribution in [-0.4, -0.2) is 33.3 Å². The third-order valence-corrected chi connectivity index (χ3v) is 6.24. The fourth-order valence-electron chi connectivity index (χ4n) is 2.09. The Bertz CT molecular complexity index is 812. The summed E-state index contributed by atoms with van der Waals surface area (Å²) in [6.07, 6.45) is 0.760. The molecule has 0 aliphatic rings. The molecule has 0 atom stereocenters. The number of thioether (sulfide) groups is 1. The highest BCUT2D eigenvalue weighted by Gasteiger charge is 2.29. The number of amides is 1. The van der Waals surface area contributed by atoms with Crippen molar-refractivity contribution in [3.8, 4) is 0 Å². The number of carbonyl (C=O) groups excluding carboxylic acids is 2. The first-order valence-electron chi connectivity index (χ1n) is 8.14. The molecule has 1 aromatic heterocycles. The maximum Gasteiger partial charge on any atom is 0.319 e. The number of nitrogens with one attached hydrogen (secondary N) is 1. The number of carboxylic acid groups (broad SMARTS) is 1. The summed E-state index contributed by atoms with van der Waals surface area (Å²) < 4.78 is -1.05. The summed E-state index contributed by atoms with van der Waals surface area (Å²) in [5.41, 5.74) is 1.03. The highest BCUT2D eigenvalue weighted by atomic mass is 32.2. The maximum absolute atomic E-state index is 12.8. The number of aryl methyl sites for hydroxylation is 1. The number of hydrogen-bond donors (Lipinski definition) is 2. The Labute approximate surface area is 160 Å². The van der Waals surface area contributed by atoms with Gasteiger partial charge in [-0.05, 0) is 26.3 Å². The molecule has 2 rings (SSSR count). The Morgan fingerprint density at radius 2 is 1.85 bits per heavy atom. The Morgan fingerprint density at radius 3 is 2.42 bits per heavy atom. The molecule has 1 heterocycles. The van der Waals surface area contributed by atoms with Gasteiger partial charge >= 0.3 is 5.97 Å². The second kappa shape index (κ2) is 8.51. The number of carbonyl (C=O) groups is 3. The van der Waals surface area contributed by atoms with Gasteiger partial charge in [-0.1, -0.05) is 37.3 Å². The van der Waals surface area contributed by atoms with Crippen molar-refractivity contribution in [3.05, 3.63) is 52.4 Å². The fourth-order valence-corrected chi connectivity index (χ4v) is 3.79. The van der Waals surface area contributed by atoms with E-state index in [1.54, 1.807) is 38.1 Å². The summed E-state index contributed by atoms with van der Waals surface area (Å²) in [5.74, 6) is -1.44. The van der Waals surface area contributed by atoms with Gasteiger partial charge in [-0.15, -0.1) is 23.1 Å². The highest BCUT2D eigenvalue weighted by molar-refractivity contribution is 8.02. The van der Waals surface area contributed by atoms with Crippen LogP contribution >= 0.6 is 23.1 Å². The molecule has 7 heteroatoms. The van der Waals surface area contributed by atoms with E-state index in [2.05, 4.69) is 5.32 Å². The molecule has 1 amide bonds. The topological polar surface area (TPSA) is 83.5 Å². The highest BCUT2D eigenvalue weighted by Crippen LogP contribution is 2.31. The maximum atomic E-state index is 12.8. The van der Waals surface area contributed by atoms with Gasteiger partial charge < -0.3 is 10.4 Å². The van der Waals surface area contributed by atoms with Crippen LogP contribution in [0.5, 0.6) is 0 Å². The monoisotopic (exact) mass is 391 g/mol. The zero-order valence-corrected chi connectivity index (χ0v) is 16.5. The predicted molar refractivity (Wildman–Crippen MR) is 106 cm³/mol. The van der Waals surface area contributed by atoms with Crippen molar-refractivity contribution in [2.75, 3.05) is 11.1 Å². The molecule has 0 fully saturated rings. The molecule has 26 heavy (non-hydrogen) atoms. The smallest absolute Gasteiger partial charge is 0.319 e. The largest absolute Gasteiger partial charge is 0.480 e. The normalized spacial score (nSPS) is 11.2. The molecule has 2 N–H and O–H groups in total. The quantitative estimate of drug-likeness (QED) is 0.663. The minimum Gasteiger partial charge on any atom is -0.480 e. The molecular formula is C19H21NO4S2. The van der Waals surface area contributed by atoms with E-state index in [0.29, 0.717) is 16.1 Å². The molecule has 0 aliphatic carbocycles. The van der Waals surface area contributed by atoms with Gasteiger partial charge in [-0.3, -0.25) is 14.4 Å². The molecule has 0 saturated heterocycles. The zero-order chi connectivity index (χ0) is 19.3. The summed E-state index contributed by atoms with van der Waals surface area (Å²) in [7, 11) is 0. The summed E-state index contributed by atoms with van der Waals surface area (Å²) in [6, 6.07) is 10.7. The summed E-state index contributed by atoms with van der Waals surface area (Å²) in [4.78, 5) is 37.2. The van der Waals surface area contributed by atoms with Crippen LogP contribution in [0.15, 0.2) is 36.4 Å². The minimum absolute atomic E-state index is 0.00236. The predicted octanol–water partition coefficient (Wildman–Crippen LogP) is 4.08. The van der Waals surface area contributed by atoms with E-state index in [1.807, 2.05) is 19.1 Å². The number of aliphatic carboxylic acids is 1. The van der Waals surface area contributed by atoms with Crippen molar-refractivity contribution in [2.45, 2.75) is 31.9 Å². The van der Waals surface area contributed by atoms with Crippen molar-refractivity contribution < 1.29 is 19.5 Å². The van der Waals surface area contributed by atoms with Gasteiger partial charge in [0.25, 0.3) is 0 Å². The number of benzene rings is 1. The number of thiophene rings is 1. The first-order chi connectivity index (χ1) is 12.2. The van der Waals surface area contributed by atoms with Gasteiger partial charge in [0.05, 0.1) is 11.3 Å². The van der Waals surface area contributed by atoms with Crippen LogP contribution in [0.3, 0.4) is 0 Å². The molecule has 0 spiro atoms. The second-order valence-electron chi connectivity index (χ2n) is 6.16. The van der Waals surface area contributed by atoms with Gasteiger partial charge in [0.1, 0.15) is 9.75 Å². The van der Waals surface area contributed by atoms with E-state index >= 15 is 0 Å². The number of hydrogen-bond acceptors (Lipinski definition) is 5. The minimum atomic E-state index is -1.05. The molecular weight excluding hydrogens is 370 g/mol. The van der Waals surface area contributed by atoms with Gasteiger partial charge in [0, 0.05) is 10.4 Å². The Kier molecular flexibility index (Phi) is 6.61. The SMILES string of the molecule is CCc1cc(C(=O)c2ccccc2)c(NC(=O)CSC(C)(C)C(=O)O)s1. The summed E-state index contributed by atoms with van der Waals surface area (Å²) in [5, 5.41) is 12.4. The van der Waals surface area contributed by atoms with Gasteiger partial charge in [0.2, 0.25) is 5.91 Å². The van der Waals surface area contributed by atoms with Crippen molar-refractivity contribution in [1.29, 1.82) is 0 Å². The van der Waals surface area contributed by atoms with Crippen LogP contribution in [0.4, 0.5) is 5.00 Å². The summed E-state index contributed by atoms with van der Waals surface area (Å²) in [6.45, 7) is 5.09. The van der Waals surface area contributed by atoms with Crippen LogP contribution in [0.25, 0.3) is 0 Å². The van der Waals surface area contributed by atoms with Crippen molar-refractivity contribution in [3.63, 3.8) is 0 Å². The zero-order valence-electron chi connectivity index (χ0n) is 14.9. The van der Waals surface area contributed by atoms with Crippen molar-refractivity contribution >= 4 is 45.8 Å². The third-order valence-electron chi connectivity index (χ3n) is 3.74. The number of anilines is 1. The first-order valence-corrected chi connectivity index (χ1v) is 9.94.